The van der Waals surface area contributed by atoms with Crippen molar-refractivity contribution in [3.63, 3.8) is 0 Å². The lowest BCUT2D eigenvalue weighted by Crippen LogP contribution is -2.45. The van der Waals surface area contributed by atoms with E-state index in [1.807, 2.05) is 13.8 Å². The number of carbonyl (C=O) groups is 2. The Morgan fingerprint density at radius 3 is 2.57 bits per heavy atom. The number of rotatable bonds is 3. The van der Waals surface area contributed by atoms with Crippen LogP contribution >= 0.6 is 0 Å². The van der Waals surface area contributed by atoms with Crippen LogP contribution in [0.5, 0.6) is 5.75 Å². The monoisotopic (exact) mass is 420 g/mol. The third kappa shape index (κ3) is 6.34. The van der Waals surface area contributed by atoms with E-state index in [1.54, 1.807) is 37.3 Å². The lowest BCUT2D eigenvalue weighted by atomic mass is 10.0. The number of anilines is 1. The summed E-state index contributed by atoms with van der Waals surface area (Å²) < 4.78 is 11.7. The zero-order valence-corrected chi connectivity index (χ0v) is 19.2. The van der Waals surface area contributed by atoms with Gasteiger partial charge in [-0.2, -0.15) is 0 Å². The number of hydrogen-bond donors (Lipinski definition) is 2. The molecule has 3 amide bonds. The van der Waals surface area contributed by atoms with Gasteiger partial charge in [0.15, 0.2) is 0 Å². The predicted molar refractivity (Wildman–Crippen MR) is 118 cm³/mol. The van der Waals surface area contributed by atoms with Gasteiger partial charge in [0.05, 0.1) is 11.7 Å². The Bertz CT molecular complexity index is 740. The van der Waals surface area contributed by atoms with Crippen LogP contribution in [0.2, 0.25) is 0 Å². The molecule has 0 unspecified atom stereocenters. The van der Waals surface area contributed by atoms with Gasteiger partial charge in [-0.05, 0) is 51.9 Å². The Balaban J connectivity index is 2.35. The normalized spacial score (nSPS) is 23.8. The van der Waals surface area contributed by atoms with E-state index in [-0.39, 0.29) is 36.0 Å². The van der Waals surface area contributed by atoms with Gasteiger partial charge in [0.1, 0.15) is 12.4 Å². The van der Waals surface area contributed by atoms with Gasteiger partial charge in [-0.15, -0.1) is 0 Å². The minimum atomic E-state index is -0.316. The van der Waals surface area contributed by atoms with Crippen LogP contribution in [0.25, 0.3) is 0 Å². The Hall–Kier alpha value is -2.32. The number of hydrogen-bond acceptors (Lipinski definition) is 5. The summed E-state index contributed by atoms with van der Waals surface area (Å²) in [7, 11) is 5.51. The molecule has 30 heavy (non-hydrogen) atoms. The van der Waals surface area contributed by atoms with Crippen LogP contribution < -0.4 is 15.4 Å². The minimum Gasteiger partial charge on any atom is -0.491 e. The first kappa shape index (κ1) is 24.0. The van der Waals surface area contributed by atoms with E-state index in [2.05, 4.69) is 36.4 Å². The van der Waals surface area contributed by atoms with Gasteiger partial charge in [0.25, 0.3) is 5.91 Å². The van der Waals surface area contributed by atoms with Crippen LogP contribution in [0.1, 0.15) is 38.1 Å². The maximum Gasteiger partial charge on any atom is 0.319 e. The van der Waals surface area contributed by atoms with Crippen LogP contribution in [-0.4, -0.2) is 80.8 Å². The summed E-state index contributed by atoms with van der Waals surface area (Å²) in [6.07, 6.45) is -0.0875. The lowest BCUT2D eigenvalue weighted by molar-refractivity contribution is 0.0150. The second-order valence-corrected chi connectivity index (χ2v) is 8.50. The number of methoxy groups -OCH3 is 1. The van der Waals surface area contributed by atoms with E-state index in [9.17, 15) is 9.59 Å². The summed E-state index contributed by atoms with van der Waals surface area (Å²) in [5, 5.41) is 5.56. The van der Waals surface area contributed by atoms with Crippen LogP contribution in [0, 0.1) is 5.92 Å². The Morgan fingerprint density at radius 1 is 1.23 bits per heavy atom. The average molecular weight is 421 g/mol. The molecule has 168 valence electrons. The van der Waals surface area contributed by atoms with Crippen molar-refractivity contribution in [1.29, 1.82) is 0 Å². The van der Waals surface area contributed by atoms with Crippen molar-refractivity contribution in [2.75, 3.05) is 46.2 Å². The van der Waals surface area contributed by atoms with Gasteiger partial charge in [0.2, 0.25) is 0 Å². The molecule has 0 fully saturated rings. The molecule has 0 aromatic heterocycles. The molecule has 3 atom stereocenters. The number of nitrogens with zero attached hydrogens (tertiary/aromatic N) is 2. The number of carbonyl (C=O) groups excluding carboxylic acids is 2. The van der Waals surface area contributed by atoms with E-state index in [1.165, 1.54) is 0 Å². The maximum absolute atomic E-state index is 13.2. The number of benzene rings is 1. The minimum absolute atomic E-state index is 0.0110. The van der Waals surface area contributed by atoms with E-state index in [0.29, 0.717) is 30.2 Å². The molecule has 0 saturated carbocycles. The molecular weight excluding hydrogens is 384 g/mol. The number of fused-ring (bicyclic) bond motifs is 1. The van der Waals surface area contributed by atoms with E-state index in [0.717, 1.165) is 6.54 Å². The van der Waals surface area contributed by atoms with Crippen molar-refractivity contribution in [3.8, 4) is 5.75 Å². The molecule has 1 aliphatic heterocycles. The molecule has 1 heterocycles. The summed E-state index contributed by atoms with van der Waals surface area (Å²) in [5.74, 6) is 0.572. The second-order valence-electron chi connectivity index (χ2n) is 8.50. The van der Waals surface area contributed by atoms with Gasteiger partial charge in [-0.3, -0.25) is 9.69 Å². The Labute approximate surface area is 179 Å². The van der Waals surface area contributed by atoms with Gasteiger partial charge in [-0.1, -0.05) is 6.92 Å². The molecule has 1 aliphatic rings. The highest BCUT2D eigenvalue weighted by Crippen LogP contribution is 2.26. The molecule has 8 heteroatoms. The molecule has 2 rings (SSSR count). The molecule has 1 aromatic carbocycles. The van der Waals surface area contributed by atoms with E-state index < -0.39 is 0 Å². The fourth-order valence-corrected chi connectivity index (χ4v) is 3.46. The summed E-state index contributed by atoms with van der Waals surface area (Å²) in [6, 6.07) is 5.01. The Morgan fingerprint density at radius 2 is 1.93 bits per heavy atom. The number of nitrogens with one attached hydrogen (secondary N) is 2. The lowest BCUT2D eigenvalue weighted by Gasteiger charge is -2.34. The summed E-state index contributed by atoms with van der Waals surface area (Å²) in [4.78, 5) is 29.2. The standard InChI is InChI=1S/C22H36N4O4/c1-14(2)23-22(28)24-17-8-9-19-18(10-17)21(27)26(6)12-20(29-7)15(3)11-25(5)16(4)13-30-19/h8-10,14-16,20H,11-13H2,1-7H3,(H2,23,24,28)/t15-,16+,20-/m0/s1. The molecule has 0 radical (unpaired) electrons. The molecular formula is C22H36N4O4. The SMILES string of the molecule is CO[C@H]1CN(C)C(=O)c2cc(NC(=O)NC(C)C)ccc2OC[C@@H](C)N(C)C[C@@H]1C. The molecule has 0 saturated heterocycles. The van der Waals surface area contributed by atoms with E-state index in [4.69, 9.17) is 9.47 Å². The zero-order chi connectivity index (χ0) is 22.4. The average Bonchev–Trinajstić information content (AvgIpc) is 2.68. The maximum atomic E-state index is 13.2. The van der Waals surface area contributed by atoms with Crippen LogP contribution in [-0.2, 0) is 4.74 Å². The molecule has 0 spiro atoms. The first-order valence-corrected chi connectivity index (χ1v) is 10.4. The van der Waals surface area contributed by atoms with Crippen LogP contribution in [0.3, 0.4) is 0 Å². The largest absolute Gasteiger partial charge is 0.491 e. The highest BCUT2D eigenvalue weighted by molar-refractivity contribution is 5.99. The Kier molecular flexibility index (Phi) is 8.49. The van der Waals surface area contributed by atoms with E-state index >= 15 is 0 Å². The fourth-order valence-electron chi connectivity index (χ4n) is 3.46. The first-order valence-electron chi connectivity index (χ1n) is 10.4. The molecule has 1 aromatic rings. The molecule has 0 bridgehead atoms. The van der Waals surface area contributed by atoms with Crippen LogP contribution in [0.15, 0.2) is 18.2 Å². The fraction of sp³-hybridized carbons (Fsp3) is 0.636. The molecule has 0 aliphatic carbocycles. The number of likely N-dealkylation sites (N-methyl/N-ethyl adjacent to an activating group) is 2. The first-order chi connectivity index (χ1) is 14.1. The quantitative estimate of drug-likeness (QED) is 0.786. The summed E-state index contributed by atoms with van der Waals surface area (Å²) in [5.41, 5.74) is 0.948. The van der Waals surface area contributed by atoms with Gasteiger partial charge in [-0.25, -0.2) is 4.79 Å². The smallest absolute Gasteiger partial charge is 0.319 e. The van der Waals surface area contributed by atoms with Crippen molar-refractivity contribution >= 4 is 17.6 Å². The molecule has 2 N–H and O–H groups in total. The second kappa shape index (κ2) is 10.6. The molecule has 8 nitrogen and oxygen atoms in total. The summed E-state index contributed by atoms with van der Waals surface area (Å²) in [6.45, 7) is 9.75. The number of ether oxygens (including phenoxy) is 2. The highest BCUT2D eigenvalue weighted by Gasteiger charge is 2.27. The zero-order valence-electron chi connectivity index (χ0n) is 19.2. The summed E-state index contributed by atoms with van der Waals surface area (Å²) >= 11 is 0. The van der Waals surface area contributed by atoms with Crippen molar-refractivity contribution in [3.05, 3.63) is 23.8 Å². The van der Waals surface area contributed by atoms with Crippen molar-refractivity contribution in [2.24, 2.45) is 5.92 Å². The third-order valence-electron chi connectivity index (χ3n) is 5.43. The van der Waals surface area contributed by atoms with Crippen LogP contribution in [0.4, 0.5) is 10.5 Å². The van der Waals surface area contributed by atoms with Gasteiger partial charge < -0.3 is 25.0 Å². The predicted octanol–water partition coefficient (Wildman–Crippen LogP) is 2.65. The topological polar surface area (TPSA) is 83.1 Å². The van der Waals surface area contributed by atoms with Crippen molar-refractivity contribution < 1.29 is 19.1 Å². The van der Waals surface area contributed by atoms with Gasteiger partial charge in [0, 0.05) is 45.0 Å². The third-order valence-corrected chi connectivity index (χ3v) is 5.43. The van der Waals surface area contributed by atoms with Crippen molar-refractivity contribution in [1.82, 2.24) is 15.1 Å². The highest BCUT2D eigenvalue weighted by atomic mass is 16.5. The number of amides is 3. The van der Waals surface area contributed by atoms with Crippen molar-refractivity contribution in [2.45, 2.75) is 45.9 Å². The van der Waals surface area contributed by atoms with Gasteiger partial charge >= 0.3 is 6.03 Å². The number of urea groups is 1.